The highest BCUT2D eigenvalue weighted by molar-refractivity contribution is 5.78. The summed E-state index contributed by atoms with van der Waals surface area (Å²) < 4.78 is 5.91. The normalized spacial score (nSPS) is 11.1. The molecule has 4 nitrogen and oxygen atoms in total. The number of aromatic nitrogens is 2. The van der Waals surface area contributed by atoms with Gasteiger partial charge in [0.05, 0.1) is 12.2 Å². The van der Waals surface area contributed by atoms with E-state index < -0.39 is 0 Å². The van der Waals surface area contributed by atoms with Crippen LogP contribution in [0.4, 0.5) is 5.82 Å². The van der Waals surface area contributed by atoms with Gasteiger partial charge in [0.1, 0.15) is 5.82 Å². The number of nitrogens with one attached hydrogen (secondary N) is 1. The Balaban J connectivity index is 1.40. The van der Waals surface area contributed by atoms with Crippen LogP contribution < -0.4 is 10.5 Å². The first kappa shape index (κ1) is 25.3. The Morgan fingerprint density at radius 2 is 1.19 bits per heavy atom. The van der Waals surface area contributed by atoms with E-state index in [0.29, 0.717) is 18.3 Å². The summed E-state index contributed by atoms with van der Waals surface area (Å²) >= 11 is 0. The molecule has 0 radical (unpaired) electrons. The number of nitrogens with zero attached hydrogens (tertiary/aromatic N) is 1. The lowest BCUT2D eigenvalue weighted by Gasteiger charge is -2.07. The maximum absolute atomic E-state index is 6.04. The summed E-state index contributed by atoms with van der Waals surface area (Å²) in [6.45, 7) is 2.98. The quantitative estimate of drug-likeness (QED) is 0.222. The van der Waals surface area contributed by atoms with Gasteiger partial charge in [-0.05, 0) is 12.0 Å². The molecule has 0 saturated heterocycles. The van der Waals surface area contributed by atoms with Crippen molar-refractivity contribution in [1.82, 2.24) is 10.2 Å². The third-order valence-electron chi connectivity index (χ3n) is 6.06. The molecule has 0 spiro atoms. The molecule has 2 aromatic rings. The molecule has 1 aromatic carbocycles. The summed E-state index contributed by atoms with van der Waals surface area (Å²) in [5.41, 5.74) is 7.95. The van der Waals surface area contributed by atoms with E-state index in [9.17, 15) is 0 Å². The van der Waals surface area contributed by atoms with Crippen LogP contribution in [-0.2, 0) is 0 Å². The molecule has 0 fully saturated rings. The number of H-pyrrole nitrogens is 1. The first-order valence-electron chi connectivity index (χ1n) is 12.8. The van der Waals surface area contributed by atoms with Gasteiger partial charge >= 0.3 is 0 Å². The monoisotopic (exact) mass is 427 g/mol. The molecule has 1 aromatic heterocycles. The minimum atomic E-state index is 0.563. The maximum Gasteiger partial charge on any atom is 0.242 e. The van der Waals surface area contributed by atoms with Crippen molar-refractivity contribution in [3.8, 4) is 17.0 Å². The van der Waals surface area contributed by atoms with Crippen LogP contribution in [0.5, 0.6) is 5.88 Å². The zero-order valence-electron chi connectivity index (χ0n) is 19.8. The van der Waals surface area contributed by atoms with Crippen molar-refractivity contribution in [3.63, 3.8) is 0 Å². The van der Waals surface area contributed by atoms with Gasteiger partial charge in [-0.1, -0.05) is 134 Å². The minimum Gasteiger partial charge on any atom is -0.476 e. The van der Waals surface area contributed by atoms with E-state index in [4.69, 9.17) is 10.5 Å². The third kappa shape index (κ3) is 10.8. The van der Waals surface area contributed by atoms with Crippen molar-refractivity contribution in [2.45, 2.75) is 110 Å². The smallest absolute Gasteiger partial charge is 0.242 e. The largest absolute Gasteiger partial charge is 0.476 e. The molecule has 174 valence electrons. The average molecular weight is 428 g/mol. The molecule has 0 aliphatic heterocycles. The Morgan fingerprint density at radius 3 is 1.71 bits per heavy atom. The number of ether oxygens (including phenoxy) is 1. The number of nitrogens with two attached hydrogens (primary N) is 1. The highest BCUT2D eigenvalue weighted by atomic mass is 16.5. The predicted molar refractivity (Wildman–Crippen MR) is 133 cm³/mol. The Hall–Kier alpha value is -1.97. The van der Waals surface area contributed by atoms with Crippen LogP contribution in [0.3, 0.4) is 0 Å². The topological polar surface area (TPSA) is 63.9 Å². The van der Waals surface area contributed by atoms with Crippen LogP contribution >= 0.6 is 0 Å². The summed E-state index contributed by atoms with van der Waals surface area (Å²) in [5.74, 6) is 1.18. The minimum absolute atomic E-state index is 0.563. The van der Waals surface area contributed by atoms with Gasteiger partial charge in [0.2, 0.25) is 5.88 Å². The lowest BCUT2D eigenvalue weighted by molar-refractivity contribution is 0.294. The molecular weight excluding hydrogens is 382 g/mol. The molecule has 0 atom stereocenters. The van der Waals surface area contributed by atoms with Crippen LogP contribution in [0.2, 0.25) is 0 Å². The van der Waals surface area contributed by atoms with Crippen LogP contribution in [0.15, 0.2) is 30.3 Å². The second-order valence-electron chi connectivity index (χ2n) is 8.84. The van der Waals surface area contributed by atoms with Gasteiger partial charge in [0.25, 0.3) is 0 Å². The van der Waals surface area contributed by atoms with E-state index in [1.807, 2.05) is 30.3 Å². The summed E-state index contributed by atoms with van der Waals surface area (Å²) in [7, 11) is 0. The number of rotatable bonds is 19. The average Bonchev–Trinajstić information content (AvgIpc) is 3.16. The van der Waals surface area contributed by atoms with Crippen molar-refractivity contribution in [1.29, 1.82) is 0 Å². The highest BCUT2D eigenvalue weighted by Gasteiger charge is 2.14. The Kier molecular flexibility index (Phi) is 13.6. The molecule has 0 aliphatic rings. The van der Waals surface area contributed by atoms with Crippen molar-refractivity contribution in [2.24, 2.45) is 0 Å². The number of benzene rings is 1. The number of hydrogen-bond acceptors (Lipinski definition) is 3. The van der Waals surface area contributed by atoms with E-state index in [2.05, 4.69) is 17.1 Å². The molecule has 0 saturated carbocycles. The molecule has 0 aliphatic carbocycles. The lowest BCUT2D eigenvalue weighted by Crippen LogP contribution is -1.99. The van der Waals surface area contributed by atoms with Crippen molar-refractivity contribution < 1.29 is 4.74 Å². The molecule has 2 rings (SSSR count). The summed E-state index contributed by atoms with van der Waals surface area (Å²) in [6.07, 6.45) is 22.0. The third-order valence-corrected chi connectivity index (χ3v) is 6.06. The standard InChI is InChI=1S/C27H45N3O/c1-2-3-4-5-6-7-8-9-10-11-12-13-14-15-16-20-23-31-27-25(26(28)29-30-27)24-21-18-17-19-22-24/h17-19,21-22H,2-16,20,23H2,1H3,(H3,28,29,30). The fourth-order valence-electron chi connectivity index (χ4n) is 4.15. The maximum atomic E-state index is 6.04. The van der Waals surface area contributed by atoms with E-state index in [1.165, 1.54) is 96.3 Å². The Morgan fingerprint density at radius 1 is 0.710 bits per heavy atom. The SMILES string of the molecule is CCCCCCCCCCCCCCCCCCOc1n[nH]c(N)c1-c1ccccc1. The Labute approximate surface area is 190 Å². The zero-order valence-corrected chi connectivity index (χ0v) is 19.8. The van der Waals surface area contributed by atoms with Gasteiger partial charge in [-0.2, -0.15) is 0 Å². The highest BCUT2D eigenvalue weighted by Crippen LogP contribution is 2.33. The van der Waals surface area contributed by atoms with Gasteiger partial charge in [0.15, 0.2) is 0 Å². The summed E-state index contributed by atoms with van der Waals surface area (Å²) in [6, 6.07) is 10.1. The molecule has 4 heteroatoms. The number of anilines is 1. The van der Waals surface area contributed by atoms with Gasteiger partial charge in [-0.25, -0.2) is 0 Å². The van der Waals surface area contributed by atoms with Gasteiger partial charge in [0, 0.05) is 0 Å². The predicted octanol–water partition coefficient (Wildman–Crippen LogP) is 8.30. The molecule has 0 unspecified atom stereocenters. The zero-order chi connectivity index (χ0) is 22.0. The van der Waals surface area contributed by atoms with Crippen LogP contribution in [-0.4, -0.2) is 16.8 Å². The fraction of sp³-hybridized carbons (Fsp3) is 0.667. The van der Waals surface area contributed by atoms with E-state index >= 15 is 0 Å². The summed E-state index contributed by atoms with van der Waals surface area (Å²) in [5, 5.41) is 7.08. The van der Waals surface area contributed by atoms with Crippen molar-refractivity contribution in [3.05, 3.63) is 30.3 Å². The van der Waals surface area contributed by atoms with Crippen LogP contribution in [0, 0.1) is 0 Å². The van der Waals surface area contributed by atoms with E-state index in [-0.39, 0.29) is 0 Å². The molecule has 3 N–H and O–H groups in total. The number of unbranched alkanes of at least 4 members (excludes halogenated alkanes) is 15. The van der Waals surface area contributed by atoms with E-state index in [0.717, 1.165) is 17.5 Å². The molecule has 0 bridgehead atoms. The molecular formula is C27H45N3O. The molecule has 1 heterocycles. The number of hydrogen-bond donors (Lipinski definition) is 2. The summed E-state index contributed by atoms with van der Waals surface area (Å²) in [4.78, 5) is 0. The molecule has 0 amide bonds. The van der Waals surface area contributed by atoms with Crippen molar-refractivity contribution in [2.75, 3.05) is 12.3 Å². The van der Waals surface area contributed by atoms with Gasteiger partial charge in [-0.3, -0.25) is 5.10 Å². The number of aromatic amines is 1. The first-order valence-corrected chi connectivity index (χ1v) is 12.8. The second-order valence-corrected chi connectivity index (χ2v) is 8.84. The first-order chi connectivity index (χ1) is 15.3. The second kappa shape index (κ2) is 16.7. The molecule has 31 heavy (non-hydrogen) atoms. The van der Waals surface area contributed by atoms with E-state index in [1.54, 1.807) is 0 Å². The Bertz CT molecular complexity index is 668. The number of nitrogen functional groups attached to an aromatic ring is 1. The lowest BCUT2D eigenvalue weighted by atomic mass is 10.0. The van der Waals surface area contributed by atoms with Crippen molar-refractivity contribution >= 4 is 5.82 Å². The van der Waals surface area contributed by atoms with Gasteiger partial charge < -0.3 is 10.5 Å². The van der Waals surface area contributed by atoms with Crippen LogP contribution in [0.25, 0.3) is 11.1 Å². The van der Waals surface area contributed by atoms with Gasteiger partial charge in [-0.15, -0.1) is 5.10 Å². The van der Waals surface area contributed by atoms with Crippen LogP contribution in [0.1, 0.15) is 110 Å². The fourth-order valence-corrected chi connectivity index (χ4v) is 4.15.